The van der Waals surface area contributed by atoms with E-state index in [1.807, 2.05) is 52.9 Å². The van der Waals surface area contributed by atoms with Crippen LogP contribution in [0, 0.1) is 0 Å². The lowest BCUT2D eigenvalue weighted by Crippen LogP contribution is -2.20. The molecule has 0 heterocycles. The van der Waals surface area contributed by atoms with Crippen LogP contribution in [0.5, 0.6) is 0 Å². The van der Waals surface area contributed by atoms with Gasteiger partial charge in [-0.2, -0.15) is 0 Å². The number of ketones is 1. The van der Waals surface area contributed by atoms with Crippen molar-refractivity contribution in [2.75, 3.05) is 11.9 Å². The van der Waals surface area contributed by atoms with Crippen LogP contribution >= 0.6 is 22.6 Å². The molecular formula is C18H18INO4. The predicted octanol–water partition coefficient (Wildman–Crippen LogP) is 3.80. The highest BCUT2D eigenvalue weighted by Crippen LogP contribution is 2.21. The Kier molecular flexibility index (Phi) is 7.20. The van der Waals surface area contributed by atoms with Gasteiger partial charge in [0.1, 0.15) is 6.61 Å². The van der Waals surface area contributed by atoms with Crippen LogP contribution in [0.25, 0.3) is 0 Å². The number of halogens is 1. The Morgan fingerprint density at radius 3 is 2.46 bits per heavy atom. The van der Waals surface area contributed by atoms with E-state index in [4.69, 9.17) is 9.84 Å². The molecule has 5 nitrogen and oxygen atoms in total. The number of hydrogen-bond acceptors (Lipinski definition) is 4. The summed E-state index contributed by atoms with van der Waals surface area (Å²) in [6.45, 7) is 0.0935. The second-order valence-corrected chi connectivity index (χ2v) is 6.58. The fourth-order valence-corrected chi connectivity index (χ4v) is 2.70. The van der Waals surface area contributed by atoms with Crippen LogP contribution in [0.3, 0.4) is 0 Å². The highest BCUT2D eigenvalue weighted by Gasteiger charge is 2.20. The largest absolute Gasteiger partial charge is 0.444 e. The van der Waals surface area contributed by atoms with Crippen LogP contribution in [0.2, 0.25) is 0 Å². The van der Waals surface area contributed by atoms with Crippen molar-refractivity contribution in [1.29, 1.82) is 0 Å². The molecule has 0 spiro atoms. The van der Waals surface area contributed by atoms with E-state index in [2.05, 4.69) is 5.32 Å². The Morgan fingerprint density at radius 2 is 1.75 bits per heavy atom. The summed E-state index contributed by atoms with van der Waals surface area (Å²) >= 11 is 1.99. The number of aliphatic hydroxyl groups excluding tert-OH is 1. The van der Waals surface area contributed by atoms with Crippen LogP contribution in [0.1, 0.15) is 22.3 Å². The number of amides is 1. The van der Waals surface area contributed by atoms with E-state index in [0.717, 1.165) is 5.56 Å². The van der Waals surface area contributed by atoms with E-state index >= 15 is 0 Å². The summed E-state index contributed by atoms with van der Waals surface area (Å²) in [5.41, 5.74) is 1.69. The third-order valence-corrected chi connectivity index (χ3v) is 4.50. The molecule has 0 aliphatic heterocycles. The summed E-state index contributed by atoms with van der Waals surface area (Å²) in [6, 6.07) is 16.1. The lowest BCUT2D eigenvalue weighted by Gasteiger charge is -2.13. The van der Waals surface area contributed by atoms with Crippen molar-refractivity contribution in [2.24, 2.45) is 0 Å². The number of carbonyl (C=O) groups is 2. The van der Waals surface area contributed by atoms with Crippen LogP contribution < -0.4 is 5.32 Å². The second kappa shape index (κ2) is 9.39. The Hall–Kier alpha value is -1.93. The normalized spacial score (nSPS) is 11.6. The highest BCUT2D eigenvalue weighted by atomic mass is 127. The number of alkyl halides is 1. The Balaban J connectivity index is 2.01. The number of hydrogen-bond donors (Lipinski definition) is 2. The average molecular weight is 439 g/mol. The van der Waals surface area contributed by atoms with Gasteiger partial charge in [0.25, 0.3) is 0 Å². The first-order valence-electron chi connectivity index (χ1n) is 7.47. The molecule has 126 valence electrons. The first-order valence-corrected chi connectivity index (χ1v) is 8.72. The fourth-order valence-electron chi connectivity index (χ4n) is 2.09. The molecule has 0 bridgehead atoms. The van der Waals surface area contributed by atoms with Crippen LogP contribution in [0.4, 0.5) is 10.5 Å². The van der Waals surface area contributed by atoms with Crippen molar-refractivity contribution in [3.8, 4) is 0 Å². The van der Waals surface area contributed by atoms with Crippen molar-refractivity contribution < 1.29 is 19.4 Å². The van der Waals surface area contributed by atoms with Gasteiger partial charge < -0.3 is 9.84 Å². The number of nitrogens with one attached hydrogen (secondary N) is 1. The van der Waals surface area contributed by atoms with Crippen molar-refractivity contribution in [2.45, 2.75) is 17.0 Å². The summed E-state index contributed by atoms with van der Waals surface area (Å²) in [4.78, 5) is 24.4. The fraction of sp³-hybridized carbons (Fsp3) is 0.222. The zero-order valence-electron chi connectivity index (χ0n) is 12.9. The van der Waals surface area contributed by atoms with Gasteiger partial charge in [-0.15, -0.1) is 0 Å². The van der Waals surface area contributed by atoms with Gasteiger partial charge in [-0.1, -0.05) is 65.1 Å². The standard InChI is InChI=1S/C18H18INO4/c19-15(10-11-21)17(22)14-8-4-5-9-16(14)20-18(23)24-12-13-6-2-1-3-7-13/h1-9,15,21H,10-12H2,(H,20,23). The van der Waals surface area contributed by atoms with Crippen molar-refractivity contribution in [3.63, 3.8) is 0 Å². The molecule has 0 fully saturated rings. The Labute approximate surface area is 154 Å². The van der Waals surface area contributed by atoms with Crippen molar-refractivity contribution >= 4 is 40.2 Å². The Morgan fingerprint density at radius 1 is 1.08 bits per heavy atom. The molecular weight excluding hydrogens is 421 g/mol. The number of aliphatic hydroxyl groups is 1. The van der Waals surface area contributed by atoms with Gasteiger partial charge in [0, 0.05) is 12.2 Å². The smallest absolute Gasteiger partial charge is 0.411 e. The molecule has 2 N–H and O–H groups in total. The summed E-state index contributed by atoms with van der Waals surface area (Å²) in [5.74, 6) is -0.136. The molecule has 0 aliphatic rings. The van der Waals surface area contributed by atoms with E-state index in [1.54, 1.807) is 24.3 Å². The summed E-state index contributed by atoms with van der Waals surface area (Å²) in [5, 5.41) is 11.6. The Bertz CT molecular complexity index is 690. The molecule has 0 aromatic heterocycles. The second-order valence-electron chi connectivity index (χ2n) is 5.08. The lowest BCUT2D eigenvalue weighted by molar-refractivity contribution is 0.0985. The minimum Gasteiger partial charge on any atom is -0.444 e. The van der Waals surface area contributed by atoms with E-state index in [0.29, 0.717) is 17.7 Å². The molecule has 0 saturated carbocycles. The SMILES string of the molecule is O=C(Nc1ccccc1C(=O)C(I)CCO)OCc1ccccc1. The first kappa shape index (κ1) is 18.4. The monoisotopic (exact) mass is 439 g/mol. The maximum absolute atomic E-state index is 12.4. The van der Waals surface area contributed by atoms with E-state index in [-0.39, 0.29) is 22.9 Å². The molecule has 0 radical (unpaired) electrons. The molecule has 0 aliphatic carbocycles. The first-order chi connectivity index (χ1) is 11.6. The van der Waals surface area contributed by atoms with Gasteiger partial charge in [-0.25, -0.2) is 4.79 Å². The number of benzene rings is 2. The summed E-state index contributed by atoms with van der Waals surface area (Å²) in [6.07, 6.45) is -0.252. The molecule has 1 atom stereocenters. The van der Waals surface area contributed by atoms with Crippen molar-refractivity contribution in [3.05, 3.63) is 65.7 Å². The zero-order valence-corrected chi connectivity index (χ0v) is 15.1. The molecule has 6 heteroatoms. The number of carbonyl (C=O) groups excluding carboxylic acids is 2. The third-order valence-electron chi connectivity index (χ3n) is 3.31. The topological polar surface area (TPSA) is 75.6 Å². The lowest BCUT2D eigenvalue weighted by atomic mass is 10.0. The molecule has 0 saturated heterocycles. The number of rotatable bonds is 7. The van der Waals surface area contributed by atoms with Gasteiger partial charge >= 0.3 is 6.09 Å². The average Bonchev–Trinajstić information content (AvgIpc) is 2.61. The molecule has 2 aromatic carbocycles. The zero-order chi connectivity index (χ0) is 17.4. The number of ether oxygens (including phenoxy) is 1. The van der Waals surface area contributed by atoms with Crippen molar-refractivity contribution in [1.82, 2.24) is 0 Å². The third kappa shape index (κ3) is 5.31. The van der Waals surface area contributed by atoms with Gasteiger partial charge in [0.15, 0.2) is 5.78 Å². The van der Waals surface area contributed by atoms with Gasteiger partial charge in [0.05, 0.1) is 9.61 Å². The highest BCUT2D eigenvalue weighted by molar-refractivity contribution is 14.1. The molecule has 2 aromatic rings. The number of para-hydroxylation sites is 1. The minimum atomic E-state index is -0.619. The van der Waals surface area contributed by atoms with E-state index in [9.17, 15) is 9.59 Å². The minimum absolute atomic E-state index is 0.0614. The molecule has 24 heavy (non-hydrogen) atoms. The van der Waals surface area contributed by atoms with Gasteiger partial charge in [-0.05, 0) is 24.1 Å². The molecule has 1 unspecified atom stereocenters. The van der Waals surface area contributed by atoms with Crippen LogP contribution in [-0.4, -0.2) is 27.5 Å². The van der Waals surface area contributed by atoms with Gasteiger partial charge in [-0.3, -0.25) is 10.1 Å². The predicted molar refractivity (Wildman–Crippen MR) is 101 cm³/mol. The number of anilines is 1. The van der Waals surface area contributed by atoms with Gasteiger partial charge in [0.2, 0.25) is 0 Å². The molecule has 1 amide bonds. The maximum atomic E-state index is 12.4. The van der Waals surface area contributed by atoms with E-state index in [1.165, 1.54) is 0 Å². The molecule has 2 rings (SSSR count). The van der Waals surface area contributed by atoms with E-state index < -0.39 is 6.09 Å². The maximum Gasteiger partial charge on any atom is 0.411 e. The van der Waals surface area contributed by atoms with Crippen LogP contribution in [-0.2, 0) is 11.3 Å². The summed E-state index contributed by atoms with van der Waals surface area (Å²) < 4.78 is 4.82. The van der Waals surface area contributed by atoms with Crippen LogP contribution in [0.15, 0.2) is 54.6 Å². The quantitative estimate of drug-likeness (QED) is 0.391. The summed E-state index contributed by atoms with van der Waals surface area (Å²) in [7, 11) is 0. The number of Topliss-reactive ketones (excluding diaryl/α,β-unsaturated/α-hetero) is 1.